The van der Waals surface area contributed by atoms with E-state index in [1.54, 1.807) is 12.1 Å². The largest absolute Gasteiger partial charge is 0.239 e. The molecule has 0 amide bonds. The van der Waals surface area contributed by atoms with Gasteiger partial charge >= 0.3 is 0 Å². The fourth-order valence-corrected chi connectivity index (χ4v) is 2.77. The lowest BCUT2D eigenvalue weighted by Crippen LogP contribution is -2.13. The predicted molar refractivity (Wildman–Crippen MR) is 54.3 cm³/mol. The third-order valence-electron chi connectivity index (χ3n) is 1.63. The van der Waals surface area contributed by atoms with Crippen molar-refractivity contribution in [3.8, 4) is 0 Å². The molecule has 0 saturated carbocycles. The van der Waals surface area contributed by atoms with E-state index in [0.717, 1.165) is 5.56 Å². The lowest BCUT2D eigenvalue weighted by atomic mass is 10.2. The van der Waals surface area contributed by atoms with Crippen molar-refractivity contribution in [3.05, 3.63) is 23.8 Å². The average Bonchev–Trinajstić information content (AvgIpc) is 2.03. The van der Waals surface area contributed by atoms with Gasteiger partial charge in [-0.1, -0.05) is 6.07 Å². The van der Waals surface area contributed by atoms with Gasteiger partial charge in [0.05, 0.1) is 4.90 Å². The van der Waals surface area contributed by atoms with Crippen molar-refractivity contribution in [1.29, 1.82) is 0 Å². The van der Waals surface area contributed by atoms with Crippen molar-refractivity contribution >= 4 is 21.8 Å². The Balaban J connectivity index is 3.41. The van der Waals surface area contributed by atoms with Crippen molar-refractivity contribution in [3.63, 3.8) is 0 Å². The van der Waals surface area contributed by atoms with E-state index in [4.69, 9.17) is 5.14 Å². The number of thioether (sulfide) groups is 1. The van der Waals surface area contributed by atoms with Gasteiger partial charge in [-0.15, -0.1) is 11.8 Å². The smallest absolute Gasteiger partial charge is 0.225 e. The van der Waals surface area contributed by atoms with Crippen LogP contribution in [0.15, 0.2) is 28.0 Å². The standard InChI is InChI=1S/C8H11NO2S2/c1-6-3-4-7(12-2)8(5-6)13(9,10)11/h3-5H,1-2H3,(H2,9,10,11). The maximum absolute atomic E-state index is 11.1. The van der Waals surface area contributed by atoms with Crippen LogP contribution in [0.1, 0.15) is 5.56 Å². The first-order valence-electron chi connectivity index (χ1n) is 3.62. The molecule has 3 nitrogen and oxygen atoms in total. The molecule has 0 atom stereocenters. The Morgan fingerprint density at radius 3 is 2.46 bits per heavy atom. The van der Waals surface area contributed by atoms with Crippen LogP contribution in [0.5, 0.6) is 0 Å². The Kier molecular flexibility index (Phi) is 3.00. The molecule has 0 unspecified atom stereocenters. The van der Waals surface area contributed by atoms with Crippen LogP contribution in [0.2, 0.25) is 0 Å². The summed E-state index contributed by atoms with van der Waals surface area (Å²) in [6.45, 7) is 1.83. The van der Waals surface area contributed by atoms with Crippen LogP contribution < -0.4 is 5.14 Å². The number of hydrogen-bond donors (Lipinski definition) is 1. The zero-order chi connectivity index (χ0) is 10.1. The molecule has 0 fully saturated rings. The predicted octanol–water partition coefficient (Wildman–Crippen LogP) is 1.36. The summed E-state index contributed by atoms with van der Waals surface area (Å²) >= 11 is 1.37. The first-order valence-corrected chi connectivity index (χ1v) is 6.39. The summed E-state index contributed by atoms with van der Waals surface area (Å²) in [5, 5.41) is 5.06. The lowest BCUT2D eigenvalue weighted by Gasteiger charge is -2.05. The molecule has 1 aromatic rings. The molecule has 0 bridgehead atoms. The summed E-state index contributed by atoms with van der Waals surface area (Å²) in [6, 6.07) is 5.21. The molecule has 72 valence electrons. The van der Waals surface area contributed by atoms with E-state index in [9.17, 15) is 8.42 Å². The molecule has 0 spiro atoms. The minimum atomic E-state index is -3.59. The van der Waals surface area contributed by atoms with Crippen molar-refractivity contribution < 1.29 is 8.42 Å². The number of hydrogen-bond acceptors (Lipinski definition) is 3. The topological polar surface area (TPSA) is 60.2 Å². The fraction of sp³-hybridized carbons (Fsp3) is 0.250. The molecule has 5 heteroatoms. The highest BCUT2D eigenvalue weighted by atomic mass is 32.2. The van der Waals surface area contributed by atoms with Crippen LogP contribution in [0.3, 0.4) is 0 Å². The number of nitrogens with two attached hydrogens (primary N) is 1. The summed E-state index contributed by atoms with van der Waals surface area (Å²) in [6.07, 6.45) is 1.82. The molecule has 0 heterocycles. The van der Waals surface area contributed by atoms with E-state index < -0.39 is 10.0 Å². The molecule has 0 aliphatic rings. The first kappa shape index (κ1) is 10.6. The zero-order valence-electron chi connectivity index (χ0n) is 7.44. The number of primary sulfonamides is 1. The highest BCUT2D eigenvalue weighted by Gasteiger charge is 2.12. The third kappa shape index (κ3) is 2.46. The van der Waals surface area contributed by atoms with Crippen molar-refractivity contribution in [2.45, 2.75) is 16.7 Å². The lowest BCUT2D eigenvalue weighted by molar-refractivity contribution is 0.595. The Morgan fingerprint density at radius 1 is 1.38 bits per heavy atom. The van der Waals surface area contributed by atoms with Gasteiger partial charge in [0.2, 0.25) is 10.0 Å². The minimum Gasteiger partial charge on any atom is -0.225 e. The van der Waals surface area contributed by atoms with Gasteiger partial charge < -0.3 is 0 Å². The van der Waals surface area contributed by atoms with E-state index in [0.29, 0.717) is 4.90 Å². The second kappa shape index (κ2) is 3.69. The summed E-state index contributed by atoms with van der Waals surface area (Å²) in [7, 11) is -3.59. The number of rotatable bonds is 2. The molecule has 1 aromatic carbocycles. The SMILES string of the molecule is CSc1ccc(C)cc1S(N)(=O)=O. The van der Waals surface area contributed by atoms with E-state index in [1.165, 1.54) is 11.8 Å². The van der Waals surface area contributed by atoms with E-state index in [-0.39, 0.29) is 4.90 Å². The van der Waals surface area contributed by atoms with Crippen LogP contribution in [0, 0.1) is 6.92 Å². The van der Waals surface area contributed by atoms with Crippen LogP contribution in [-0.4, -0.2) is 14.7 Å². The first-order chi connectivity index (χ1) is 5.95. The van der Waals surface area contributed by atoms with Gasteiger partial charge in [-0.25, -0.2) is 13.6 Å². The van der Waals surface area contributed by atoms with Crippen molar-refractivity contribution in [2.75, 3.05) is 6.26 Å². The quantitative estimate of drug-likeness (QED) is 0.761. The van der Waals surface area contributed by atoms with E-state index in [1.807, 2.05) is 19.2 Å². The van der Waals surface area contributed by atoms with Gasteiger partial charge in [0.15, 0.2) is 0 Å². The van der Waals surface area contributed by atoms with Gasteiger partial charge in [-0.05, 0) is 30.9 Å². The maximum Gasteiger partial charge on any atom is 0.239 e. The molecule has 0 aliphatic carbocycles. The van der Waals surface area contributed by atoms with Crippen molar-refractivity contribution in [1.82, 2.24) is 0 Å². The Morgan fingerprint density at radius 2 is 2.00 bits per heavy atom. The molecular weight excluding hydrogens is 206 g/mol. The number of sulfonamides is 1. The Bertz CT molecular complexity index is 412. The van der Waals surface area contributed by atoms with Gasteiger partial charge in [-0.3, -0.25) is 0 Å². The van der Waals surface area contributed by atoms with Gasteiger partial charge in [0.25, 0.3) is 0 Å². The number of aryl methyl sites for hydroxylation is 1. The molecule has 0 aromatic heterocycles. The Hall–Kier alpha value is -0.520. The van der Waals surface area contributed by atoms with Crippen molar-refractivity contribution in [2.24, 2.45) is 5.14 Å². The summed E-state index contributed by atoms with van der Waals surface area (Å²) in [5.41, 5.74) is 0.891. The second-order valence-electron chi connectivity index (χ2n) is 2.70. The highest BCUT2D eigenvalue weighted by Crippen LogP contribution is 2.24. The van der Waals surface area contributed by atoms with Crippen LogP contribution in [0.25, 0.3) is 0 Å². The normalized spacial score (nSPS) is 11.6. The molecule has 2 N–H and O–H groups in total. The van der Waals surface area contributed by atoms with E-state index >= 15 is 0 Å². The summed E-state index contributed by atoms with van der Waals surface area (Å²) < 4.78 is 22.3. The van der Waals surface area contributed by atoms with Crippen LogP contribution >= 0.6 is 11.8 Å². The summed E-state index contributed by atoms with van der Waals surface area (Å²) in [4.78, 5) is 0.896. The molecule has 0 saturated heterocycles. The van der Waals surface area contributed by atoms with E-state index in [2.05, 4.69) is 0 Å². The Labute approximate surface area is 82.4 Å². The zero-order valence-corrected chi connectivity index (χ0v) is 9.08. The minimum absolute atomic E-state index is 0.208. The average molecular weight is 217 g/mol. The van der Waals surface area contributed by atoms with Crippen LogP contribution in [-0.2, 0) is 10.0 Å². The molecule has 13 heavy (non-hydrogen) atoms. The molecular formula is C8H11NO2S2. The third-order valence-corrected chi connectivity index (χ3v) is 3.50. The molecule has 0 aliphatic heterocycles. The monoisotopic (exact) mass is 217 g/mol. The molecule has 1 rings (SSSR count). The second-order valence-corrected chi connectivity index (χ2v) is 5.08. The molecule has 0 radical (unpaired) electrons. The van der Waals surface area contributed by atoms with Gasteiger partial charge in [0, 0.05) is 4.90 Å². The maximum atomic E-state index is 11.1. The number of benzene rings is 1. The van der Waals surface area contributed by atoms with Crippen LogP contribution in [0.4, 0.5) is 0 Å². The summed E-state index contributed by atoms with van der Waals surface area (Å²) in [5.74, 6) is 0. The van der Waals surface area contributed by atoms with Gasteiger partial charge in [-0.2, -0.15) is 0 Å². The highest BCUT2D eigenvalue weighted by molar-refractivity contribution is 7.99. The van der Waals surface area contributed by atoms with Gasteiger partial charge in [0.1, 0.15) is 0 Å². The fourth-order valence-electron chi connectivity index (χ4n) is 1.01.